The first kappa shape index (κ1) is 17.5. The van der Waals surface area contributed by atoms with Crippen LogP contribution in [-0.4, -0.2) is 42.6 Å². The van der Waals surface area contributed by atoms with Crippen LogP contribution in [0.15, 0.2) is 23.1 Å². The molecule has 2 unspecified atom stereocenters. The van der Waals surface area contributed by atoms with Crippen LogP contribution in [-0.2, 0) is 20.8 Å². The topological polar surface area (TPSA) is 118 Å². The predicted octanol–water partition coefficient (Wildman–Crippen LogP) is 0.682. The fourth-order valence-electron chi connectivity index (χ4n) is 1.55. The Morgan fingerprint density at radius 3 is 2.52 bits per heavy atom. The zero-order chi connectivity index (χ0) is 16.2. The molecule has 0 saturated heterocycles. The zero-order valence-electron chi connectivity index (χ0n) is 11.8. The van der Waals surface area contributed by atoms with Crippen molar-refractivity contribution in [3.05, 3.63) is 28.3 Å². The number of hydrogen-bond acceptors (Lipinski definition) is 6. The molecule has 1 rings (SSSR count). The molecule has 0 radical (unpaired) electrons. The van der Waals surface area contributed by atoms with Gasteiger partial charge in [-0.3, -0.25) is 14.3 Å². The van der Waals surface area contributed by atoms with Gasteiger partial charge in [0.2, 0.25) is 10.0 Å². The fourth-order valence-corrected chi connectivity index (χ4v) is 3.30. The van der Waals surface area contributed by atoms with Gasteiger partial charge in [0.25, 0.3) is 0 Å². The van der Waals surface area contributed by atoms with Crippen molar-refractivity contribution >= 4 is 32.2 Å². The van der Waals surface area contributed by atoms with E-state index in [1.807, 2.05) is 0 Å². The van der Waals surface area contributed by atoms with Gasteiger partial charge in [-0.1, -0.05) is 6.07 Å². The summed E-state index contributed by atoms with van der Waals surface area (Å²) in [5.74, 6) is 0. The Labute approximate surface area is 125 Å². The normalized spacial score (nSPS) is 14.4. The smallest absolute Gasteiger partial charge is 0.312 e. The van der Waals surface area contributed by atoms with Crippen LogP contribution in [0.25, 0.3) is 0 Å². The summed E-state index contributed by atoms with van der Waals surface area (Å²) in [5.41, 5.74) is -0.409. The quantitative estimate of drug-likeness (QED) is 0.559. The highest BCUT2D eigenvalue weighted by atomic mass is 32.2. The molecule has 1 aromatic carbocycles. The molecule has 1 aromatic rings. The van der Waals surface area contributed by atoms with E-state index >= 15 is 0 Å². The van der Waals surface area contributed by atoms with Crippen LogP contribution in [0.4, 0.5) is 11.4 Å². The molecule has 0 amide bonds. The molecular formula is C11H17N3O5S2. The van der Waals surface area contributed by atoms with Crippen LogP contribution in [0, 0.1) is 10.1 Å². The lowest BCUT2D eigenvalue weighted by molar-refractivity contribution is -0.386. The van der Waals surface area contributed by atoms with Crippen LogP contribution >= 0.6 is 0 Å². The fraction of sp³-hybridized carbons (Fsp3) is 0.455. The molecule has 0 aliphatic rings. The summed E-state index contributed by atoms with van der Waals surface area (Å²) < 4.78 is 37.9. The Kier molecular flexibility index (Phi) is 5.81. The van der Waals surface area contributed by atoms with Crippen molar-refractivity contribution in [1.82, 2.24) is 4.72 Å². The van der Waals surface area contributed by atoms with E-state index in [4.69, 9.17) is 0 Å². The van der Waals surface area contributed by atoms with E-state index < -0.39 is 41.6 Å². The Morgan fingerprint density at radius 2 is 2.05 bits per heavy atom. The van der Waals surface area contributed by atoms with Crippen molar-refractivity contribution in [2.45, 2.75) is 17.1 Å². The highest BCUT2D eigenvalue weighted by molar-refractivity contribution is 7.89. The zero-order valence-corrected chi connectivity index (χ0v) is 13.5. The molecule has 0 aliphatic carbocycles. The average Bonchev–Trinajstić information content (AvgIpc) is 2.43. The number of benzene rings is 1. The van der Waals surface area contributed by atoms with E-state index in [2.05, 4.69) is 10.0 Å². The molecule has 10 heteroatoms. The molecule has 2 atom stereocenters. The highest BCUT2D eigenvalue weighted by Gasteiger charge is 2.29. The van der Waals surface area contributed by atoms with Gasteiger partial charge in [0.1, 0.15) is 5.69 Å². The van der Waals surface area contributed by atoms with Crippen LogP contribution in [0.3, 0.4) is 0 Å². The van der Waals surface area contributed by atoms with Gasteiger partial charge in [-0.2, -0.15) is 0 Å². The van der Waals surface area contributed by atoms with Gasteiger partial charge < -0.3 is 5.32 Å². The first-order valence-electron chi connectivity index (χ1n) is 5.97. The maximum atomic E-state index is 12.2. The van der Waals surface area contributed by atoms with Crippen molar-refractivity contribution < 1.29 is 17.6 Å². The third-order valence-corrected chi connectivity index (χ3v) is 5.62. The van der Waals surface area contributed by atoms with Crippen molar-refractivity contribution in [3.8, 4) is 0 Å². The lowest BCUT2D eigenvalue weighted by atomic mass is 10.3. The van der Waals surface area contributed by atoms with Gasteiger partial charge in [-0.25, -0.2) is 13.1 Å². The Bertz CT molecular complexity index is 660. The van der Waals surface area contributed by atoms with E-state index in [9.17, 15) is 22.7 Å². The third-order valence-electron chi connectivity index (χ3n) is 2.87. The molecule has 0 aliphatic heterocycles. The highest BCUT2D eigenvalue weighted by Crippen LogP contribution is 2.31. The molecule has 118 valence electrons. The maximum absolute atomic E-state index is 12.2. The van der Waals surface area contributed by atoms with Gasteiger partial charge in [0, 0.05) is 35.9 Å². The van der Waals surface area contributed by atoms with Gasteiger partial charge >= 0.3 is 5.69 Å². The van der Waals surface area contributed by atoms with Gasteiger partial charge in [0.15, 0.2) is 4.90 Å². The lowest BCUT2D eigenvalue weighted by Gasteiger charge is -2.12. The third kappa shape index (κ3) is 4.22. The SMILES string of the molecule is CNc1cccc(S(=O)(=O)NCC(C)S(C)=O)c1[N+](=O)[O-]. The molecule has 0 bridgehead atoms. The van der Waals surface area contributed by atoms with E-state index in [1.165, 1.54) is 25.4 Å². The largest absolute Gasteiger partial charge is 0.383 e. The van der Waals surface area contributed by atoms with Crippen LogP contribution in [0.2, 0.25) is 0 Å². The molecule has 0 heterocycles. The number of nitro benzene ring substituents is 1. The summed E-state index contributed by atoms with van der Waals surface area (Å²) in [6.45, 7) is 1.56. The molecular weight excluding hydrogens is 318 g/mol. The van der Waals surface area contributed by atoms with Crippen LogP contribution < -0.4 is 10.0 Å². The van der Waals surface area contributed by atoms with Gasteiger partial charge in [0.05, 0.1) is 4.92 Å². The minimum Gasteiger partial charge on any atom is -0.383 e. The van der Waals surface area contributed by atoms with E-state index in [1.54, 1.807) is 6.92 Å². The number of sulfonamides is 1. The summed E-state index contributed by atoms with van der Waals surface area (Å²) in [7, 11) is -3.79. The second kappa shape index (κ2) is 6.96. The maximum Gasteiger partial charge on any atom is 0.312 e. The van der Waals surface area contributed by atoms with E-state index in [-0.39, 0.29) is 12.2 Å². The summed E-state index contributed by atoms with van der Waals surface area (Å²) in [5, 5.41) is 13.3. The number of hydrogen-bond donors (Lipinski definition) is 2. The molecule has 0 fully saturated rings. The number of para-hydroxylation sites is 1. The molecule has 8 nitrogen and oxygen atoms in total. The first-order chi connectivity index (χ1) is 9.70. The Balaban J connectivity index is 3.20. The minimum atomic E-state index is -4.06. The van der Waals surface area contributed by atoms with Crippen LogP contribution in [0.1, 0.15) is 6.92 Å². The number of nitrogens with zero attached hydrogens (tertiary/aromatic N) is 1. The number of anilines is 1. The van der Waals surface area contributed by atoms with Gasteiger partial charge in [-0.15, -0.1) is 0 Å². The summed E-state index contributed by atoms with van der Waals surface area (Å²) in [4.78, 5) is 9.95. The second-order valence-electron chi connectivity index (χ2n) is 4.32. The summed E-state index contributed by atoms with van der Waals surface area (Å²) in [6.07, 6.45) is 1.46. The summed E-state index contributed by atoms with van der Waals surface area (Å²) >= 11 is 0. The lowest BCUT2D eigenvalue weighted by Crippen LogP contribution is -2.33. The standard InChI is InChI=1S/C11H17N3O5S2/c1-8(20(3)17)7-13-21(18,19)10-6-4-5-9(12-2)11(10)14(15)16/h4-6,8,12-13H,7H2,1-3H3. The van der Waals surface area contributed by atoms with E-state index in [0.29, 0.717) is 0 Å². The molecule has 0 saturated carbocycles. The van der Waals surface area contributed by atoms with Crippen molar-refractivity contribution in [2.75, 3.05) is 25.2 Å². The van der Waals surface area contributed by atoms with Crippen molar-refractivity contribution in [3.63, 3.8) is 0 Å². The Hall–Kier alpha value is -1.52. The van der Waals surface area contributed by atoms with Crippen LogP contribution in [0.5, 0.6) is 0 Å². The minimum absolute atomic E-state index is 0.0631. The van der Waals surface area contributed by atoms with Crippen molar-refractivity contribution in [1.29, 1.82) is 0 Å². The average molecular weight is 335 g/mol. The monoisotopic (exact) mass is 335 g/mol. The van der Waals surface area contributed by atoms with Crippen molar-refractivity contribution in [2.24, 2.45) is 0 Å². The molecule has 0 spiro atoms. The van der Waals surface area contributed by atoms with E-state index in [0.717, 1.165) is 6.07 Å². The predicted molar refractivity (Wildman–Crippen MR) is 81.4 cm³/mol. The number of nitro groups is 1. The Morgan fingerprint density at radius 1 is 1.43 bits per heavy atom. The molecule has 0 aromatic heterocycles. The first-order valence-corrected chi connectivity index (χ1v) is 9.08. The number of rotatable bonds is 7. The molecule has 21 heavy (non-hydrogen) atoms. The number of nitrogens with one attached hydrogen (secondary N) is 2. The summed E-state index contributed by atoms with van der Waals surface area (Å²) in [6, 6.07) is 3.99. The molecule has 2 N–H and O–H groups in total. The second-order valence-corrected chi connectivity index (χ2v) is 7.86. The van der Waals surface area contributed by atoms with Gasteiger partial charge in [-0.05, 0) is 19.1 Å².